The van der Waals surface area contributed by atoms with E-state index in [0.29, 0.717) is 0 Å². The number of imide groups is 1. The number of hydrogen-bond acceptors (Lipinski definition) is 6. The van der Waals surface area contributed by atoms with E-state index in [1.807, 2.05) is 0 Å². The lowest BCUT2D eigenvalue weighted by atomic mass is 10.0. The number of hydrogen-bond donors (Lipinski definition) is 3. The fraction of sp³-hybridized carbons (Fsp3) is 0.353. The van der Waals surface area contributed by atoms with E-state index in [0.717, 1.165) is 4.90 Å². The molecule has 5 amide bonds. The maximum atomic E-state index is 12.9. The molecule has 1 aliphatic heterocycles. The highest BCUT2D eigenvalue weighted by Gasteiger charge is 2.37. The summed E-state index contributed by atoms with van der Waals surface area (Å²) in [5, 5.41) is 9.19. The minimum atomic E-state index is -1.20. The van der Waals surface area contributed by atoms with Gasteiger partial charge in [0.25, 0.3) is 0 Å². The van der Waals surface area contributed by atoms with Gasteiger partial charge >= 0.3 is 12.0 Å². The molecule has 5 N–H and O–H groups in total. The molecule has 0 aliphatic carbocycles. The number of benzene rings is 1. The summed E-state index contributed by atoms with van der Waals surface area (Å²) in [4.78, 5) is 61.1. The van der Waals surface area contributed by atoms with Crippen LogP contribution in [0.25, 0.3) is 0 Å². The highest BCUT2D eigenvalue weighted by Crippen LogP contribution is 2.32. The quantitative estimate of drug-likeness (QED) is 0.536. The van der Waals surface area contributed by atoms with E-state index < -0.39 is 48.6 Å². The zero-order chi connectivity index (χ0) is 21.0. The first-order chi connectivity index (χ1) is 13.1. The number of methoxy groups -OCH3 is 1. The molecule has 1 aromatic rings. The Kier molecular flexibility index (Phi) is 6.18. The molecule has 1 fully saturated rings. The summed E-state index contributed by atoms with van der Waals surface area (Å²) in [6.07, 6.45) is -0.488. The molecule has 0 spiro atoms. The van der Waals surface area contributed by atoms with Crippen LogP contribution in [0.1, 0.15) is 23.2 Å². The molecule has 1 unspecified atom stereocenters. The van der Waals surface area contributed by atoms with E-state index in [1.165, 1.54) is 30.2 Å². The Morgan fingerprint density at radius 2 is 1.93 bits per heavy atom. The average Bonchev–Trinajstić information content (AvgIpc) is 2.63. The van der Waals surface area contributed by atoms with Crippen molar-refractivity contribution in [1.29, 1.82) is 0 Å². The Labute approximate surface area is 159 Å². The zero-order valence-electron chi connectivity index (χ0n) is 15.1. The van der Waals surface area contributed by atoms with E-state index in [4.69, 9.17) is 16.2 Å². The topological polar surface area (TPSA) is 173 Å². The molecule has 150 valence electrons. The van der Waals surface area contributed by atoms with Crippen LogP contribution in [0.2, 0.25) is 0 Å². The Morgan fingerprint density at radius 1 is 1.25 bits per heavy atom. The van der Waals surface area contributed by atoms with Gasteiger partial charge in [-0.25, -0.2) is 9.59 Å². The Morgan fingerprint density at radius 3 is 2.46 bits per heavy atom. The van der Waals surface area contributed by atoms with Gasteiger partial charge in [0, 0.05) is 25.9 Å². The van der Waals surface area contributed by atoms with Gasteiger partial charge in [-0.3, -0.25) is 24.2 Å². The lowest BCUT2D eigenvalue weighted by Crippen LogP contribution is -2.55. The van der Waals surface area contributed by atoms with Gasteiger partial charge in [0.05, 0.1) is 24.3 Å². The number of carboxylic acid groups (broad SMARTS) is 1. The number of nitrogens with zero attached hydrogens (tertiary/aromatic N) is 2. The number of ether oxygens (including phenoxy) is 1. The van der Waals surface area contributed by atoms with Crippen molar-refractivity contribution in [3.63, 3.8) is 0 Å². The van der Waals surface area contributed by atoms with E-state index in [9.17, 15) is 29.1 Å². The maximum Gasteiger partial charge on any atom is 0.335 e. The van der Waals surface area contributed by atoms with Crippen molar-refractivity contribution in [3.8, 4) is 5.75 Å². The van der Waals surface area contributed by atoms with Crippen LogP contribution in [0.3, 0.4) is 0 Å². The minimum Gasteiger partial charge on any atom is -0.495 e. The minimum absolute atomic E-state index is 0.00927. The second kappa shape index (κ2) is 8.37. The summed E-state index contributed by atoms with van der Waals surface area (Å²) in [5.74, 6) is -4.31. The Balaban J connectivity index is 2.36. The van der Waals surface area contributed by atoms with Crippen molar-refractivity contribution in [2.45, 2.75) is 12.8 Å². The second-order valence-corrected chi connectivity index (χ2v) is 6.15. The van der Waals surface area contributed by atoms with Crippen LogP contribution in [0, 0.1) is 5.92 Å². The summed E-state index contributed by atoms with van der Waals surface area (Å²) in [6, 6.07) is 3.18. The van der Waals surface area contributed by atoms with Gasteiger partial charge in [-0.05, 0) is 18.2 Å². The highest BCUT2D eigenvalue weighted by molar-refractivity contribution is 6.07. The van der Waals surface area contributed by atoms with Crippen LogP contribution in [-0.2, 0) is 14.4 Å². The zero-order valence-corrected chi connectivity index (χ0v) is 15.1. The maximum absolute atomic E-state index is 12.9. The first-order valence-electron chi connectivity index (χ1n) is 8.26. The SMILES string of the molecule is COc1ccc(C(=O)O)cc1N1CCC(=O)N(CC(CC(N)=O)C(N)=O)C1=O. The predicted molar refractivity (Wildman–Crippen MR) is 95.5 cm³/mol. The number of amides is 5. The van der Waals surface area contributed by atoms with Gasteiger partial charge in [0.1, 0.15) is 5.75 Å². The predicted octanol–water partition coefficient (Wildman–Crippen LogP) is -0.471. The molecule has 0 aromatic heterocycles. The first kappa shape index (κ1) is 20.7. The molecule has 1 atom stereocenters. The number of nitrogens with two attached hydrogens (primary N) is 2. The lowest BCUT2D eigenvalue weighted by molar-refractivity contribution is -0.132. The summed E-state index contributed by atoms with van der Waals surface area (Å²) in [6.45, 7) is -0.419. The summed E-state index contributed by atoms with van der Waals surface area (Å²) in [7, 11) is 1.35. The van der Waals surface area contributed by atoms with Crippen LogP contribution in [0.15, 0.2) is 18.2 Å². The van der Waals surface area contributed by atoms with E-state index >= 15 is 0 Å². The largest absolute Gasteiger partial charge is 0.495 e. The lowest BCUT2D eigenvalue weighted by Gasteiger charge is -2.35. The first-order valence-corrected chi connectivity index (χ1v) is 8.26. The summed E-state index contributed by atoms with van der Waals surface area (Å²) in [5.41, 5.74) is 10.4. The van der Waals surface area contributed by atoms with Crippen LogP contribution in [0.5, 0.6) is 5.75 Å². The molecular formula is C17H20N4O7. The molecule has 1 aromatic carbocycles. The Bertz CT molecular complexity index is 839. The third-order valence-electron chi connectivity index (χ3n) is 4.28. The summed E-state index contributed by atoms with van der Waals surface area (Å²) < 4.78 is 5.19. The van der Waals surface area contributed by atoms with Gasteiger partial charge in [-0.15, -0.1) is 0 Å². The number of primary amides is 2. The normalized spacial score (nSPS) is 15.3. The second-order valence-electron chi connectivity index (χ2n) is 6.15. The van der Waals surface area contributed by atoms with Crippen molar-refractivity contribution in [1.82, 2.24) is 4.90 Å². The number of carbonyl (C=O) groups is 5. The third kappa shape index (κ3) is 4.37. The van der Waals surface area contributed by atoms with Gasteiger partial charge < -0.3 is 21.3 Å². The van der Waals surface area contributed by atoms with Crippen LogP contribution >= 0.6 is 0 Å². The fourth-order valence-electron chi connectivity index (χ4n) is 2.85. The molecule has 0 saturated carbocycles. The van der Waals surface area contributed by atoms with Crippen molar-refractivity contribution >= 4 is 35.4 Å². The molecule has 0 bridgehead atoms. The van der Waals surface area contributed by atoms with E-state index in [1.54, 1.807) is 0 Å². The molecule has 11 heteroatoms. The molecule has 0 radical (unpaired) electrons. The number of anilines is 1. The number of carbonyl (C=O) groups excluding carboxylic acids is 4. The van der Waals surface area contributed by atoms with Gasteiger partial charge in [0.15, 0.2) is 0 Å². The van der Waals surface area contributed by atoms with Crippen LogP contribution < -0.4 is 21.1 Å². The monoisotopic (exact) mass is 392 g/mol. The third-order valence-corrected chi connectivity index (χ3v) is 4.28. The van der Waals surface area contributed by atoms with Gasteiger partial charge in [-0.2, -0.15) is 0 Å². The fourth-order valence-corrected chi connectivity index (χ4v) is 2.85. The molecule has 2 rings (SSSR count). The average molecular weight is 392 g/mol. The standard InChI is InChI=1S/C17H20N4O7/c1-28-12-3-2-9(16(25)26)6-11(12)20-5-4-14(23)21(17(20)27)8-10(15(19)24)7-13(18)22/h2-3,6,10H,4-5,7-8H2,1H3,(H2,18,22)(H2,19,24)(H,25,26). The number of carboxylic acids is 1. The molecule has 1 saturated heterocycles. The van der Waals surface area contributed by atoms with Crippen LogP contribution in [-0.4, -0.2) is 59.9 Å². The van der Waals surface area contributed by atoms with E-state index in [2.05, 4.69) is 0 Å². The van der Waals surface area contributed by atoms with Crippen molar-refractivity contribution in [2.75, 3.05) is 25.1 Å². The van der Waals surface area contributed by atoms with Crippen molar-refractivity contribution < 1.29 is 33.8 Å². The Hall–Kier alpha value is -3.63. The molecule has 1 aliphatic rings. The smallest absolute Gasteiger partial charge is 0.335 e. The van der Waals surface area contributed by atoms with Crippen LogP contribution in [0.4, 0.5) is 10.5 Å². The van der Waals surface area contributed by atoms with Crippen molar-refractivity contribution in [2.24, 2.45) is 17.4 Å². The highest BCUT2D eigenvalue weighted by atomic mass is 16.5. The number of urea groups is 1. The van der Waals surface area contributed by atoms with Gasteiger partial charge in [-0.1, -0.05) is 0 Å². The number of rotatable bonds is 8. The molecular weight excluding hydrogens is 372 g/mol. The van der Waals surface area contributed by atoms with Gasteiger partial charge in [0.2, 0.25) is 17.7 Å². The molecule has 28 heavy (non-hydrogen) atoms. The van der Waals surface area contributed by atoms with E-state index in [-0.39, 0.29) is 30.0 Å². The summed E-state index contributed by atoms with van der Waals surface area (Å²) >= 11 is 0. The van der Waals surface area contributed by atoms with Crippen molar-refractivity contribution in [3.05, 3.63) is 23.8 Å². The molecule has 1 heterocycles. The molecule has 11 nitrogen and oxygen atoms in total. The number of aromatic carboxylic acids is 1.